The monoisotopic (exact) mass is 338 g/mol. The maximum Gasteiger partial charge on any atom is 0.341 e. The van der Waals surface area contributed by atoms with E-state index in [2.05, 4.69) is 10.2 Å². The molecule has 1 N–H and O–H groups in total. The molecule has 23 heavy (non-hydrogen) atoms. The summed E-state index contributed by atoms with van der Waals surface area (Å²) in [6.45, 7) is 4.36. The van der Waals surface area contributed by atoms with Crippen molar-refractivity contribution in [3.63, 3.8) is 0 Å². The first kappa shape index (κ1) is 17.9. The van der Waals surface area contributed by atoms with E-state index in [1.807, 2.05) is 14.0 Å². The van der Waals surface area contributed by atoms with Gasteiger partial charge in [0.1, 0.15) is 5.00 Å². The molecule has 128 valence electrons. The van der Waals surface area contributed by atoms with E-state index in [0.29, 0.717) is 29.8 Å². The van der Waals surface area contributed by atoms with Gasteiger partial charge in [-0.05, 0) is 39.8 Å². The topological polar surface area (TPSA) is 58.6 Å². The number of carbonyl (C=O) groups excluding carboxylic acids is 2. The smallest absolute Gasteiger partial charge is 0.341 e. The van der Waals surface area contributed by atoms with Gasteiger partial charge in [-0.2, -0.15) is 0 Å². The number of thiophene rings is 1. The molecule has 6 heteroatoms. The lowest BCUT2D eigenvalue weighted by atomic mass is 9.94. The first-order chi connectivity index (χ1) is 11.0. The van der Waals surface area contributed by atoms with Crippen LogP contribution >= 0.6 is 11.3 Å². The maximum absolute atomic E-state index is 12.3. The van der Waals surface area contributed by atoms with E-state index >= 15 is 0 Å². The summed E-state index contributed by atoms with van der Waals surface area (Å²) in [5.41, 5.74) is 0.447. The lowest BCUT2D eigenvalue weighted by Gasteiger charge is -2.30. The van der Waals surface area contributed by atoms with Crippen molar-refractivity contribution in [2.75, 3.05) is 25.5 Å². The summed E-state index contributed by atoms with van der Waals surface area (Å²) in [5, 5.41) is 3.46. The number of hydrogen-bond donors (Lipinski definition) is 1. The highest BCUT2D eigenvalue weighted by Crippen LogP contribution is 2.28. The Hall–Kier alpha value is -1.40. The minimum Gasteiger partial charge on any atom is -0.462 e. The first-order valence-electron chi connectivity index (χ1n) is 8.29. The second-order valence-corrected chi connectivity index (χ2v) is 7.33. The van der Waals surface area contributed by atoms with Gasteiger partial charge in [-0.15, -0.1) is 11.3 Å². The number of rotatable bonds is 6. The zero-order valence-corrected chi connectivity index (χ0v) is 15.0. The molecular weight excluding hydrogens is 312 g/mol. The molecule has 1 aliphatic carbocycles. The predicted octanol–water partition coefficient (Wildman–Crippen LogP) is 3.44. The van der Waals surface area contributed by atoms with Gasteiger partial charge in [-0.1, -0.05) is 19.3 Å². The molecule has 5 nitrogen and oxygen atoms in total. The number of nitrogens with one attached hydrogen (secondary N) is 1. The van der Waals surface area contributed by atoms with Crippen LogP contribution < -0.4 is 5.32 Å². The van der Waals surface area contributed by atoms with Gasteiger partial charge in [0.15, 0.2) is 0 Å². The molecule has 2 rings (SSSR count). The molecule has 1 aromatic rings. The molecule has 0 unspecified atom stereocenters. The summed E-state index contributed by atoms with van der Waals surface area (Å²) in [6, 6.07) is 2.26. The maximum atomic E-state index is 12.3. The summed E-state index contributed by atoms with van der Waals surface area (Å²) >= 11 is 1.41. The van der Waals surface area contributed by atoms with Crippen molar-refractivity contribution in [1.82, 2.24) is 4.90 Å². The van der Waals surface area contributed by atoms with Crippen LogP contribution in [0.2, 0.25) is 0 Å². The van der Waals surface area contributed by atoms with E-state index in [0.717, 1.165) is 17.7 Å². The predicted molar refractivity (Wildman–Crippen MR) is 93.1 cm³/mol. The van der Waals surface area contributed by atoms with Crippen LogP contribution in [-0.4, -0.2) is 43.0 Å². The normalized spacial score (nSPS) is 15.7. The minimum absolute atomic E-state index is 0.0783. The van der Waals surface area contributed by atoms with E-state index < -0.39 is 0 Å². The van der Waals surface area contributed by atoms with Crippen LogP contribution in [0.5, 0.6) is 0 Å². The van der Waals surface area contributed by atoms with Crippen molar-refractivity contribution in [2.45, 2.75) is 52.0 Å². The van der Waals surface area contributed by atoms with Gasteiger partial charge in [0, 0.05) is 10.9 Å². The Labute approximate surface area is 142 Å². The number of esters is 1. The van der Waals surface area contributed by atoms with Crippen LogP contribution in [0.15, 0.2) is 6.07 Å². The number of carbonyl (C=O) groups is 2. The molecule has 0 atom stereocenters. The summed E-state index contributed by atoms with van der Waals surface area (Å²) in [7, 11) is 2.00. The number of nitrogens with zero attached hydrogens (tertiary/aromatic N) is 1. The van der Waals surface area contributed by atoms with E-state index in [4.69, 9.17) is 4.74 Å². The van der Waals surface area contributed by atoms with Gasteiger partial charge in [0.25, 0.3) is 0 Å². The van der Waals surface area contributed by atoms with Gasteiger partial charge in [0.05, 0.1) is 18.7 Å². The summed E-state index contributed by atoms with van der Waals surface area (Å²) < 4.78 is 5.05. The molecule has 1 fully saturated rings. The van der Waals surface area contributed by atoms with Gasteiger partial charge < -0.3 is 10.1 Å². The summed E-state index contributed by atoms with van der Waals surface area (Å²) in [4.78, 5) is 27.4. The van der Waals surface area contributed by atoms with Gasteiger partial charge in [-0.3, -0.25) is 9.69 Å². The molecule has 0 saturated heterocycles. The quantitative estimate of drug-likeness (QED) is 0.807. The molecule has 1 aromatic heterocycles. The van der Waals surface area contributed by atoms with Crippen molar-refractivity contribution in [3.8, 4) is 0 Å². The molecule has 0 aliphatic heterocycles. The van der Waals surface area contributed by atoms with Gasteiger partial charge in [-0.25, -0.2) is 4.79 Å². The molecule has 0 spiro atoms. The molecule has 1 heterocycles. The Morgan fingerprint density at radius 2 is 2.04 bits per heavy atom. The van der Waals surface area contributed by atoms with Crippen LogP contribution in [0.25, 0.3) is 0 Å². The van der Waals surface area contributed by atoms with E-state index in [1.165, 1.54) is 30.6 Å². The van der Waals surface area contributed by atoms with Crippen LogP contribution in [0.3, 0.4) is 0 Å². The second-order valence-electron chi connectivity index (χ2n) is 6.08. The first-order valence-corrected chi connectivity index (χ1v) is 9.10. The molecular formula is C17H26N2O3S. The van der Waals surface area contributed by atoms with Crippen LogP contribution in [0.4, 0.5) is 5.00 Å². The van der Waals surface area contributed by atoms with Crippen LogP contribution in [-0.2, 0) is 9.53 Å². The number of likely N-dealkylation sites (N-methyl/N-ethyl adjacent to an activating group) is 1. The molecule has 1 aliphatic rings. The molecule has 0 aromatic carbocycles. The van der Waals surface area contributed by atoms with Gasteiger partial charge >= 0.3 is 5.97 Å². The summed E-state index contributed by atoms with van der Waals surface area (Å²) in [5.74, 6) is -0.460. The molecule has 0 radical (unpaired) electrons. The summed E-state index contributed by atoms with van der Waals surface area (Å²) in [6.07, 6.45) is 6.11. The fraction of sp³-hybridized carbons (Fsp3) is 0.647. The van der Waals surface area contributed by atoms with E-state index in [-0.39, 0.29) is 11.9 Å². The average Bonchev–Trinajstić information content (AvgIpc) is 2.88. The average molecular weight is 338 g/mol. The third kappa shape index (κ3) is 5.04. The molecule has 1 saturated carbocycles. The number of anilines is 1. The van der Waals surface area contributed by atoms with Crippen molar-refractivity contribution in [1.29, 1.82) is 0 Å². The zero-order valence-electron chi connectivity index (χ0n) is 14.2. The Morgan fingerprint density at radius 3 is 2.70 bits per heavy atom. The Bertz CT molecular complexity index is 550. The highest BCUT2D eigenvalue weighted by Gasteiger charge is 2.22. The third-order valence-electron chi connectivity index (χ3n) is 4.19. The lowest BCUT2D eigenvalue weighted by Crippen LogP contribution is -2.39. The van der Waals surface area contributed by atoms with E-state index in [9.17, 15) is 9.59 Å². The van der Waals surface area contributed by atoms with Crippen LogP contribution in [0, 0.1) is 6.92 Å². The Balaban J connectivity index is 1.95. The standard InChI is InChI=1S/C17H26N2O3S/c1-4-22-17(21)14-10-12(2)23-16(14)18-15(20)11-19(3)13-8-6-5-7-9-13/h10,13H,4-9,11H2,1-3H3,(H,18,20). The van der Waals surface area contributed by atoms with Crippen molar-refractivity contribution in [2.24, 2.45) is 0 Å². The number of amides is 1. The molecule has 1 amide bonds. The number of ether oxygens (including phenoxy) is 1. The fourth-order valence-electron chi connectivity index (χ4n) is 3.01. The van der Waals surface area contributed by atoms with Crippen molar-refractivity contribution in [3.05, 3.63) is 16.5 Å². The third-order valence-corrected chi connectivity index (χ3v) is 5.16. The van der Waals surface area contributed by atoms with Crippen LogP contribution in [0.1, 0.15) is 54.3 Å². The highest BCUT2D eigenvalue weighted by atomic mass is 32.1. The van der Waals surface area contributed by atoms with Crippen molar-refractivity contribution >= 4 is 28.2 Å². The SMILES string of the molecule is CCOC(=O)c1cc(C)sc1NC(=O)CN(C)C1CCCCC1. The van der Waals surface area contributed by atoms with Gasteiger partial charge in [0.2, 0.25) is 5.91 Å². The lowest BCUT2D eigenvalue weighted by molar-refractivity contribution is -0.117. The minimum atomic E-state index is -0.382. The fourth-order valence-corrected chi connectivity index (χ4v) is 3.93. The second kappa shape index (κ2) is 8.45. The Kier molecular flexibility index (Phi) is 6.59. The number of hydrogen-bond acceptors (Lipinski definition) is 5. The number of aryl methyl sites for hydroxylation is 1. The van der Waals surface area contributed by atoms with Crippen molar-refractivity contribution < 1.29 is 14.3 Å². The Morgan fingerprint density at radius 1 is 1.35 bits per heavy atom. The van der Waals surface area contributed by atoms with E-state index in [1.54, 1.807) is 13.0 Å². The highest BCUT2D eigenvalue weighted by molar-refractivity contribution is 7.16. The largest absolute Gasteiger partial charge is 0.462 e. The zero-order chi connectivity index (χ0) is 16.8. The molecule has 0 bridgehead atoms.